The highest BCUT2D eigenvalue weighted by molar-refractivity contribution is 7.89. The minimum absolute atomic E-state index is 0.326. The fourth-order valence-electron chi connectivity index (χ4n) is 3.35. The third-order valence-electron chi connectivity index (χ3n) is 4.98. The standard InChI is InChI=1S/C21H24N4O3S/c1-16-21(24-20-5-3-2-4-19(20)23-16)22-11-10-17-6-8-18(9-7-17)29(26,27)25-12-14-28-15-13-25/h2-9H,10-15H2,1H3,(H,22,24). The zero-order valence-electron chi connectivity index (χ0n) is 16.3. The van der Waals surface area contributed by atoms with Crippen molar-refractivity contribution < 1.29 is 13.2 Å². The van der Waals surface area contributed by atoms with Crippen molar-refractivity contribution in [3.8, 4) is 0 Å². The van der Waals surface area contributed by atoms with Crippen LogP contribution in [0.25, 0.3) is 11.0 Å². The van der Waals surface area contributed by atoms with Gasteiger partial charge in [-0.1, -0.05) is 24.3 Å². The number of anilines is 1. The van der Waals surface area contributed by atoms with E-state index in [0.29, 0.717) is 37.7 Å². The molecule has 3 aromatic rings. The second-order valence-electron chi connectivity index (χ2n) is 6.98. The normalized spacial score (nSPS) is 15.5. The number of sulfonamides is 1. The van der Waals surface area contributed by atoms with Gasteiger partial charge in [-0.3, -0.25) is 0 Å². The average molecular weight is 413 g/mol. The molecule has 1 fully saturated rings. The molecule has 4 rings (SSSR count). The number of fused-ring (bicyclic) bond motifs is 1. The predicted molar refractivity (Wildman–Crippen MR) is 112 cm³/mol. The highest BCUT2D eigenvalue weighted by Gasteiger charge is 2.25. The Kier molecular flexibility index (Phi) is 5.75. The van der Waals surface area contributed by atoms with Gasteiger partial charge in [0.2, 0.25) is 10.0 Å². The minimum atomic E-state index is -3.45. The lowest BCUT2D eigenvalue weighted by atomic mass is 10.1. The molecule has 1 N–H and O–H groups in total. The average Bonchev–Trinajstić information content (AvgIpc) is 2.75. The summed E-state index contributed by atoms with van der Waals surface area (Å²) in [6, 6.07) is 14.9. The molecule has 0 radical (unpaired) electrons. The molecule has 1 aromatic heterocycles. The highest BCUT2D eigenvalue weighted by atomic mass is 32.2. The van der Waals surface area contributed by atoms with Gasteiger partial charge in [-0.15, -0.1) is 0 Å². The summed E-state index contributed by atoms with van der Waals surface area (Å²) in [6.07, 6.45) is 0.756. The molecule has 1 saturated heterocycles. The Morgan fingerprint density at radius 3 is 2.34 bits per heavy atom. The molecule has 0 atom stereocenters. The number of nitrogens with one attached hydrogen (secondary N) is 1. The minimum Gasteiger partial charge on any atom is -0.379 e. The summed E-state index contributed by atoms with van der Waals surface area (Å²) in [5, 5.41) is 3.34. The number of para-hydroxylation sites is 2. The van der Waals surface area contributed by atoms with Crippen molar-refractivity contribution in [1.82, 2.24) is 14.3 Å². The maximum Gasteiger partial charge on any atom is 0.243 e. The van der Waals surface area contributed by atoms with Crippen molar-refractivity contribution in [2.24, 2.45) is 0 Å². The predicted octanol–water partition coefficient (Wildman–Crippen LogP) is 2.61. The van der Waals surface area contributed by atoms with E-state index >= 15 is 0 Å². The van der Waals surface area contributed by atoms with Crippen LogP contribution in [0.4, 0.5) is 5.82 Å². The van der Waals surface area contributed by atoms with Gasteiger partial charge < -0.3 is 10.1 Å². The SMILES string of the molecule is Cc1nc2ccccc2nc1NCCc1ccc(S(=O)(=O)N2CCOCC2)cc1. The summed E-state index contributed by atoms with van der Waals surface area (Å²) in [6.45, 7) is 4.32. The molecule has 8 heteroatoms. The second-order valence-corrected chi connectivity index (χ2v) is 8.92. The van der Waals surface area contributed by atoms with Crippen LogP contribution < -0.4 is 5.32 Å². The molecule has 2 aromatic carbocycles. The Morgan fingerprint density at radius 2 is 1.66 bits per heavy atom. The Hall–Kier alpha value is -2.55. The monoisotopic (exact) mass is 412 g/mol. The van der Waals surface area contributed by atoms with Crippen LogP contribution in [0.1, 0.15) is 11.3 Å². The zero-order valence-corrected chi connectivity index (χ0v) is 17.2. The molecule has 0 amide bonds. The second kappa shape index (κ2) is 8.44. The third-order valence-corrected chi connectivity index (χ3v) is 6.90. The number of hydrogen-bond acceptors (Lipinski definition) is 6. The number of aryl methyl sites for hydroxylation is 1. The van der Waals surface area contributed by atoms with E-state index < -0.39 is 10.0 Å². The topological polar surface area (TPSA) is 84.4 Å². The van der Waals surface area contributed by atoms with Crippen LogP contribution in [0.5, 0.6) is 0 Å². The molecular formula is C21H24N4O3S. The molecule has 0 aliphatic carbocycles. The van der Waals surface area contributed by atoms with Crippen LogP contribution in [-0.4, -0.2) is 55.5 Å². The fourth-order valence-corrected chi connectivity index (χ4v) is 4.75. The van der Waals surface area contributed by atoms with Crippen LogP contribution >= 0.6 is 0 Å². The van der Waals surface area contributed by atoms with E-state index in [1.165, 1.54) is 4.31 Å². The summed E-state index contributed by atoms with van der Waals surface area (Å²) >= 11 is 0. The van der Waals surface area contributed by atoms with E-state index in [4.69, 9.17) is 4.74 Å². The largest absolute Gasteiger partial charge is 0.379 e. The number of rotatable bonds is 6. The first kappa shape index (κ1) is 19.8. The molecule has 152 valence electrons. The molecule has 0 bridgehead atoms. The van der Waals surface area contributed by atoms with E-state index in [1.807, 2.05) is 43.3 Å². The van der Waals surface area contributed by atoms with Gasteiger partial charge in [0, 0.05) is 19.6 Å². The number of hydrogen-bond donors (Lipinski definition) is 1. The van der Waals surface area contributed by atoms with Gasteiger partial charge in [0.25, 0.3) is 0 Å². The molecule has 0 unspecified atom stereocenters. The van der Waals surface area contributed by atoms with Crippen LogP contribution in [0.15, 0.2) is 53.4 Å². The molecule has 1 aliphatic heterocycles. The summed E-state index contributed by atoms with van der Waals surface area (Å²) in [7, 11) is -3.45. The van der Waals surface area contributed by atoms with Gasteiger partial charge >= 0.3 is 0 Å². The Bertz CT molecular complexity index is 1090. The Labute approximate surface area is 170 Å². The van der Waals surface area contributed by atoms with E-state index in [9.17, 15) is 8.42 Å². The summed E-state index contributed by atoms with van der Waals surface area (Å²) in [5.74, 6) is 0.773. The first-order valence-corrected chi connectivity index (χ1v) is 11.1. The van der Waals surface area contributed by atoms with E-state index in [1.54, 1.807) is 12.1 Å². The molecular weight excluding hydrogens is 388 g/mol. The molecule has 2 heterocycles. The first-order chi connectivity index (χ1) is 14.0. The first-order valence-electron chi connectivity index (χ1n) is 9.68. The number of aromatic nitrogens is 2. The summed E-state index contributed by atoms with van der Waals surface area (Å²) in [5.41, 5.74) is 3.66. The van der Waals surface area contributed by atoms with Gasteiger partial charge in [-0.05, 0) is 43.2 Å². The van der Waals surface area contributed by atoms with Gasteiger partial charge in [-0.25, -0.2) is 18.4 Å². The zero-order chi connectivity index (χ0) is 20.3. The molecule has 0 saturated carbocycles. The van der Waals surface area contributed by atoms with Gasteiger partial charge in [0.1, 0.15) is 5.82 Å². The molecule has 0 spiro atoms. The van der Waals surface area contributed by atoms with Crippen LogP contribution in [-0.2, 0) is 21.2 Å². The van der Waals surface area contributed by atoms with E-state index in [-0.39, 0.29) is 0 Å². The van der Waals surface area contributed by atoms with Crippen molar-refractivity contribution in [2.45, 2.75) is 18.2 Å². The van der Waals surface area contributed by atoms with Gasteiger partial charge in [0.15, 0.2) is 0 Å². The number of benzene rings is 2. The van der Waals surface area contributed by atoms with Crippen molar-refractivity contribution >= 4 is 26.9 Å². The number of morpholine rings is 1. The fraction of sp³-hybridized carbons (Fsp3) is 0.333. The maximum atomic E-state index is 12.7. The quantitative estimate of drug-likeness (QED) is 0.670. The summed E-state index contributed by atoms with van der Waals surface area (Å²) < 4.78 is 32.1. The molecule has 1 aliphatic rings. The van der Waals surface area contributed by atoms with Crippen LogP contribution in [0.3, 0.4) is 0 Å². The van der Waals surface area contributed by atoms with Gasteiger partial charge in [0.05, 0.1) is 34.8 Å². The third kappa shape index (κ3) is 4.39. The number of ether oxygens (including phenoxy) is 1. The lowest BCUT2D eigenvalue weighted by Gasteiger charge is -2.26. The van der Waals surface area contributed by atoms with Crippen LogP contribution in [0.2, 0.25) is 0 Å². The van der Waals surface area contributed by atoms with Gasteiger partial charge in [-0.2, -0.15) is 4.31 Å². The van der Waals surface area contributed by atoms with Crippen molar-refractivity contribution in [1.29, 1.82) is 0 Å². The van der Waals surface area contributed by atoms with Crippen LogP contribution in [0, 0.1) is 6.92 Å². The van der Waals surface area contributed by atoms with Crippen molar-refractivity contribution in [2.75, 3.05) is 38.2 Å². The maximum absolute atomic E-state index is 12.7. The molecule has 7 nitrogen and oxygen atoms in total. The summed E-state index contributed by atoms with van der Waals surface area (Å²) in [4.78, 5) is 9.54. The lowest BCUT2D eigenvalue weighted by molar-refractivity contribution is 0.0730. The number of nitrogens with zero attached hydrogens (tertiary/aromatic N) is 3. The van der Waals surface area contributed by atoms with E-state index in [0.717, 1.165) is 34.5 Å². The smallest absolute Gasteiger partial charge is 0.243 e. The van der Waals surface area contributed by atoms with E-state index in [2.05, 4.69) is 15.3 Å². The van der Waals surface area contributed by atoms with Crippen molar-refractivity contribution in [3.05, 3.63) is 59.8 Å². The Balaban J connectivity index is 1.39. The van der Waals surface area contributed by atoms with Crippen molar-refractivity contribution in [3.63, 3.8) is 0 Å². The Morgan fingerprint density at radius 1 is 1.00 bits per heavy atom. The molecule has 29 heavy (non-hydrogen) atoms. The highest BCUT2D eigenvalue weighted by Crippen LogP contribution is 2.19. The lowest BCUT2D eigenvalue weighted by Crippen LogP contribution is -2.40.